The maximum atomic E-state index is 9.56. The van der Waals surface area contributed by atoms with Crippen LogP contribution in [-0.4, -0.2) is 17.9 Å². The highest BCUT2D eigenvalue weighted by Gasteiger charge is 2.32. The molecule has 0 aliphatic rings. The molecule has 67 heavy (non-hydrogen) atoms. The number of hydrogen-bond acceptors (Lipinski definition) is 13. The van der Waals surface area contributed by atoms with E-state index in [9.17, 15) is 21.0 Å². The lowest BCUT2D eigenvalue weighted by Gasteiger charge is -2.20. The number of fused-ring (bicyclic) bond motifs is 14. The molecular weight excluding hydrogens is 961 g/mol. The molecule has 0 fully saturated rings. The number of benzene rings is 1. The van der Waals surface area contributed by atoms with Crippen LogP contribution in [-0.2, 0) is 13.1 Å². The molecule has 0 saturated heterocycles. The fourth-order valence-corrected chi connectivity index (χ4v) is 17.9. The van der Waals surface area contributed by atoms with Gasteiger partial charge in [-0.3, -0.25) is 0 Å². The number of rotatable bonds is 14. The minimum absolute atomic E-state index is 0.149. The third-order valence-corrected chi connectivity index (χ3v) is 21.4. The van der Waals surface area contributed by atoms with E-state index in [1.54, 1.807) is 0 Å². The van der Waals surface area contributed by atoms with Gasteiger partial charge in [-0.05, 0) is 86.1 Å². The fourth-order valence-electron chi connectivity index (χ4n) is 9.73. The van der Waals surface area contributed by atoms with Gasteiger partial charge in [-0.15, -0.1) is 68.0 Å². The van der Waals surface area contributed by atoms with Crippen molar-refractivity contribution in [2.75, 3.05) is 0 Å². The predicted molar refractivity (Wildman–Crippen MR) is 290 cm³/mol. The number of thiophene rings is 6. The summed E-state index contributed by atoms with van der Waals surface area (Å²) >= 11 is 11.8. The van der Waals surface area contributed by atoms with Gasteiger partial charge in [0.05, 0.1) is 71.1 Å². The van der Waals surface area contributed by atoms with E-state index in [0.29, 0.717) is 20.9 Å². The highest BCUT2D eigenvalue weighted by atomic mass is 32.1. The monoisotopic (exact) mass is 1010 g/mol. The number of aromatic nitrogens is 4. The second-order valence-electron chi connectivity index (χ2n) is 17.4. The van der Waals surface area contributed by atoms with Gasteiger partial charge < -0.3 is 9.13 Å². The quantitative estimate of drug-likeness (QED) is 0.107. The minimum Gasteiger partial charge on any atom is -0.337 e. The second kappa shape index (κ2) is 18.7. The number of unbranched alkanes of at least 4 members (excludes halogenated alkanes) is 2. The third kappa shape index (κ3) is 7.56. The summed E-state index contributed by atoms with van der Waals surface area (Å²) in [5, 5.41) is 40.7. The SMILES string of the molecule is CCCCC(CC)Cn1c2c3sc(/C=c4\ccc(=C(C#N)C#N)s4)c(C)c3sc2c2c3nsnc3c3c4sc5c(C)c(/C=c6\ccc(=C(C#N)C#N)s6)sc5c4n(CC(CC)CCCC)c3c21. The van der Waals surface area contributed by atoms with Gasteiger partial charge in [-0.25, -0.2) is 0 Å². The van der Waals surface area contributed by atoms with Crippen LogP contribution in [0.1, 0.15) is 99.9 Å². The molecule has 0 N–H and O–H groups in total. The summed E-state index contributed by atoms with van der Waals surface area (Å²) in [7, 11) is 0. The number of hydrogen-bond donors (Lipinski definition) is 0. The molecule has 2 atom stereocenters. The summed E-state index contributed by atoms with van der Waals surface area (Å²) in [6.45, 7) is 15.6. The molecule has 1 aromatic carbocycles. The summed E-state index contributed by atoms with van der Waals surface area (Å²) in [5.74, 6) is 1.01. The third-order valence-electron chi connectivity index (χ3n) is 13.4. The van der Waals surface area contributed by atoms with E-state index in [0.717, 1.165) is 46.0 Å². The van der Waals surface area contributed by atoms with Crippen LogP contribution < -0.4 is 18.1 Å². The van der Waals surface area contributed by atoms with Crippen molar-refractivity contribution >= 4 is 175 Å². The fraction of sp³-hybridized carbons (Fsp3) is 0.346. The highest BCUT2D eigenvalue weighted by Crippen LogP contribution is 2.54. The van der Waals surface area contributed by atoms with Gasteiger partial charge in [0.1, 0.15) is 46.5 Å². The van der Waals surface area contributed by atoms with Crippen LogP contribution in [0, 0.1) is 71.0 Å². The number of nitriles is 4. The van der Waals surface area contributed by atoms with Gasteiger partial charge in [-0.2, -0.15) is 29.8 Å². The van der Waals surface area contributed by atoms with Crippen molar-refractivity contribution in [3.05, 3.63) is 63.3 Å². The molecule has 0 aliphatic heterocycles. The first kappa shape index (κ1) is 45.6. The van der Waals surface area contributed by atoms with E-state index < -0.39 is 0 Å². The molecule has 8 nitrogen and oxygen atoms in total. The van der Waals surface area contributed by atoms with Crippen molar-refractivity contribution in [2.45, 2.75) is 106 Å². The topological polar surface area (TPSA) is 131 Å². The van der Waals surface area contributed by atoms with Crippen LogP contribution in [0.3, 0.4) is 0 Å². The molecule has 0 radical (unpaired) electrons. The normalized spacial score (nSPS) is 13.5. The van der Waals surface area contributed by atoms with Crippen LogP contribution in [0.2, 0.25) is 0 Å². The van der Waals surface area contributed by atoms with Gasteiger partial charge in [-0.1, -0.05) is 66.2 Å². The zero-order valence-corrected chi connectivity index (χ0v) is 43.8. The van der Waals surface area contributed by atoms with Crippen LogP contribution >= 0.6 is 79.7 Å². The minimum atomic E-state index is 0.149. The number of aryl methyl sites for hydroxylation is 2. The van der Waals surface area contributed by atoms with E-state index in [2.05, 4.69) is 87.1 Å². The average molecular weight is 1010 g/mol. The Morgan fingerprint density at radius 3 is 1.34 bits per heavy atom. The van der Waals surface area contributed by atoms with Crippen molar-refractivity contribution in [1.82, 2.24) is 17.9 Å². The molecule has 0 saturated carbocycles. The molecule has 0 spiro atoms. The summed E-state index contributed by atoms with van der Waals surface area (Å²) in [4.78, 5) is 2.40. The molecular formula is C52H46N8S7. The van der Waals surface area contributed by atoms with Crippen LogP contribution in [0.5, 0.6) is 0 Å². The van der Waals surface area contributed by atoms with Crippen molar-refractivity contribution in [2.24, 2.45) is 11.8 Å². The van der Waals surface area contributed by atoms with E-state index in [1.807, 2.05) is 69.6 Å². The lowest BCUT2D eigenvalue weighted by molar-refractivity contribution is 0.398. The van der Waals surface area contributed by atoms with Gasteiger partial charge in [0.15, 0.2) is 0 Å². The molecule has 10 rings (SSSR count). The van der Waals surface area contributed by atoms with Crippen LogP contribution in [0.25, 0.3) is 95.4 Å². The molecule has 2 unspecified atom stereocenters. The molecule has 10 aromatic rings. The Bertz CT molecular complexity index is 3750. The highest BCUT2D eigenvalue weighted by molar-refractivity contribution is 7.34. The van der Waals surface area contributed by atoms with Gasteiger partial charge >= 0.3 is 0 Å². The van der Waals surface area contributed by atoms with E-state index >= 15 is 0 Å². The molecule has 15 heteroatoms. The summed E-state index contributed by atoms with van der Waals surface area (Å²) in [5.41, 5.74) is 10.0. The number of nitrogens with zero attached hydrogens (tertiary/aromatic N) is 8. The van der Waals surface area contributed by atoms with Gasteiger partial charge in [0.25, 0.3) is 0 Å². The Hall–Kier alpha value is -5.20. The van der Waals surface area contributed by atoms with E-state index in [4.69, 9.17) is 8.75 Å². The molecule has 0 aliphatic carbocycles. The lowest BCUT2D eigenvalue weighted by atomic mass is 9.99. The Morgan fingerprint density at radius 1 is 0.552 bits per heavy atom. The van der Waals surface area contributed by atoms with Crippen LogP contribution in [0.4, 0.5) is 0 Å². The largest absolute Gasteiger partial charge is 0.337 e. The Kier molecular flexibility index (Phi) is 12.7. The second-order valence-corrected chi connectivity index (χ2v) is 24.3. The Balaban J connectivity index is 1.32. The maximum Gasteiger partial charge on any atom is 0.146 e. The Morgan fingerprint density at radius 2 is 0.970 bits per heavy atom. The van der Waals surface area contributed by atoms with E-state index in [1.165, 1.54) is 155 Å². The average Bonchev–Trinajstić information content (AvgIpc) is 4.21. The Labute approximate surface area is 416 Å². The first-order chi connectivity index (χ1) is 32.7. The van der Waals surface area contributed by atoms with Gasteiger partial charge in [0, 0.05) is 42.7 Å². The molecule has 0 bridgehead atoms. The van der Waals surface area contributed by atoms with Crippen molar-refractivity contribution in [3.8, 4) is 24.3 Å². The standard InChI is InChI=1S/C52H46N8S7/c1-7-11-13-29(9-3)25-59-43-39(49-45(59)51-47(65-49)27(5)37(63-51)19-33-15-17-35(61-33)31(21-53)22-54)41-42(58-67-57-41)40-44(43)60(26-30(10-4)14-12-8-2)46-50(40)66-48-28(6)38(64-52(46)48)20-34-16-18-36(62-34)32(23-55)24-56/h15-20,29-30H,7-14,25-26H2,1-6H3/b33-19+,34-20+. The molecule has 9 aromatic heterocycles. The molecule has 336 valence electrons. The lowest BCUT2D eigenvalue weighted by Crippen LogP contribution is -2.13. The van der Waals surface area contributed by atoms with Gasteiger partial charge in [0.2, 0.25) is 0 Å². The van der Waals surface area contributed by atoms with Crippen molar-refractivity contribution in [3.63, 3.8) is 0 Å². The summed E-state index contributed by atoms with van der Waals surface area (Å²) in [6.07, 6.45) is 13.8. The first-order valence-electron chi connectivity index (χ1n) is 22.9. The maximum absolute atomic E-state index is 9.56. The molecule has 9 heterocycles. The summed E-state index contributed by atoms with van der Waals surface area (Å²) < 4.78 is 27.1. The predicted octanol–water partition coefficient (Wildman–Crippen LogP) is 13.7. The van der Waals surface area contributed by atoms with Crippen molar-refractivity contribution < 1.29 is 0 Å². The summed E-state index contributed by atoms with van der Waals surface area (Å²) in [6, 6.07) is 16.0. The molecule has 0 amide bonds. The first-order valence-corrected chi connectivity index (χ1v) is 28.6. The van der Waals surface area contributed by atoms with E-state index in [-0.39, 0.29) is 11.1 Å². The zero-order valence-electron chi connectivity index (χ0n) is 38.1. The zero-order chi connectivity index (χ0) is 46.7. The van der Waals surface area contributed by atoms with Crippen molar-refractivity contribution in [1.29, 1.82) is 21.0 Å². The smallest absolute Gasteiger partial charge is 0.146 e. The van der Waals surface area contributed by atoms with Crippen LogP contribution in [0.15, 0.2) is 24.3 Å².